The van der Waals surface area contributed by atoms with Crippen LogP contribution >= 0.6 is 0 Å². The van der Waals surface area contributed by atoms with Gasteiger partial charge < -0.3 is 4.74 Å². The summed E-state index contributed by atoms with van der Waals surface area (Å²) in [5.74, 6) is 0.139. The normalized spacial score (nSPS) is 24.2. The van der Waals surface area contributed by atoms with Crippen LogP contribution < -0.4 is 0 Å². The number of fused-ring (bicyclic) bond motifs is 1. The van der Waals surface area contributed by atoms with Gasteiger partial charge in [0.2, 0.25) is 0 Å². The van der Waals surface area contributed by atoms with Crippen molar-refractivity contribution in [3.8, 4) is 0 Å². The number of benzene rings is 1. The Kier molecular flexibility index (Phi) is 3.13. The lowest BCUT2D eigenvalue weighted by Crippen LogP contribution is -2.52. The SMILES string of the molecule is CC1(C)Cc2ccccc2C(C)(C)C(=O)C(C)(C)O1. The molecule has 1 aliphatic heterocycles. The van der Waals surface area contributed by atoms with E-state index in [4.69, 9.17) is 4.74 Å². The van der Waals surface area contributed by atoms with Crippen molar-refractivity contribution < 1.29 is 9.53 Å². The summed E-state index contributed by atoms with van der Waals surface area (Å²) >= 11 is 0. The molecule has 0 saturated heterocycles. The minimum Gasteiger partial charge on any atom is -0.362 e. The predicted molar refractivity (Wildman–Crippen MR) is 77.4 cm³/mol. The van der Waals surface area contributed by atoms with Crippen LogP contribution in [0.25, 0.3) is 0 Å². The number of Topliss-reactive ketones (excluding diaryl/α,β-unsaturated/α-hetero) is 1. The second-order valence-corrected chi connectivity index (χ2v) is 7.16. The third-order valence-corrected chi connectivity index (χ3v) is 3.95. The molecular formula is C17H24O2. The van der Waals surface area contributed by atoms with Gasteiger partial charge in [-0.25, -0.2) is 0 Å². The Labute approximate surface area is 116 Å². The van der Waals surface area contributed by atoms with E-state index in [-0.39, 0.29) is 11.4 Å². The molecule has 0 fully saturated rings. The van der Waals surface area contributed by atoms with Crippen LogP contribution in [0.3, 0.4) is 0 Å². The summed E-state index contributed by atoms with van der Waals surface area (Å²) in [6, 6.07) is 8.22. The van der Waals surface area contributed by atoms with Gasteiger partial charge in [0, 0.05) is 6.42 Å². The third kappa shape index (κ3) is 2.46. The van der Waals surface area contributed by atoms with E-state index >= 15 is 0 Å². The third-order valence-electron chi connectivity index (χ3n) is 3.95. The summed E-state index contributed by atoms with van der Waals surface area (Å²) in [5, 5.41) is 0. The lowest BCUT2D eigenvalue weighted by atomic mass is 9.71. The van der Waals surface area contributed by atoms with Crippen LogP contribution in [0, 0.1) is 0 Å². The maximum Gasteiger partial charge on any atom is 0.173 e. The van der Waals surface area contributed by atoms with E-state index < -0.39 is 11.0 Å². The molecule has 2 nitrogen and oxygen atoms in total. The highest BCUT2D eigenvalue weighted by Gasteiger charge is 2.46. The Balaban J connectivity index is 2.65. The molecule has 0 atom stereocenters. The minimum atomic E-state index is -0.763. The van der Waals surface area contributed by atoms with E-state index in [1.165, 1.54) is 5.56 Å². The Hall–Kier alpha value is -1.15. The fourth-order valence-electron chi connectivity index (χ4n) is 3.39. The van der Waals surface area contributed by atoms with Crippen molar-refractivity contribution in [1.29, 1.82) is 0 Å². The van der Waals surface area contributed by atoms with Gasteiger partial charge in [-0.3, -0.25) is 4.79 Å². The van der Waals surface area contributed by atoms with Gasteiger partial charge in [-0.15, -0.1) is 0 Å². The smallest absolute Gasteiger partial charge is 0.173 e. The van der Waals surface area contributed by atoms with E-state index in [1.807, 2.05) is 39.8 Å². The van der Waals surface area contributed by atoms with E-state index in [0.717, 1.165) is 12.0 Å². The summed E-state index contributed by atoms with van der Waals surface area (Å²) in [4.78, 5) is 12.9. The highest BCUT2D eigenvalue weighted by Crippen LogP contribution is 2.39. The number of rotatable bonds is 0. The highest BCUT2D eigenvalue weighted by atomic mass is 16.5. The molecule has 0 saturated carbocycles. The molecule has 104 valence electrons. The largest absolute Gasteiger partial charge is 0.362 e. The highest BCUT2D eigenvalue weighted by molar-refractivity contribution is 5.96. The average molecular weight is 260 g/mol. The molecule has 0 spiro atoms. The van der Waals surface area contributed by atoms with Crippen molar-refractivity contribution in [3.63, 3.8) is 0 Å². The number of ketones is 1. The van der Waals surface area contributed by atoms with Crippen LogP contribution in [0.15, 0.2) is 24.3 Å². The summed E-state index contributed by atoms with van der Waals surface area (Å²) in [7, 11) is 0. The molecule has 0 aliphatic carbocycles. The maximum absolute atomic E-state index is 12.9. The first kappa shape index (κ1) is 14.3. The molecule has 1 aliphatic rings. The minimum absolute atomic E-state index is 0.139. The number of carbonyl (C=O) groups excluding carboxylic acids is 1. The zero-order valence-electron chi connectivity index (χ0n) is 12.8. The molecule has 0 aromatic heterocycles. The van der Waals surface area contributed by atoms with Crippen molar-refractivity contribution >= 4 is 5.78 Å². The van der Waals surface area contributed by atoms with Crippen LogP contribution in [-0.4, -0.2) is 17.0 Å². The molecule has 19 heavy (non-hydrogen) atoms. The number of ether oxygens (including phenoxy) is 1. The lowest BCUT2D eigenvalue weighted by Gasteiger charge is -2.43. The molecule has 2 heteroatoms. The van der Waals surface area contributed by atoms with Crippen LogP contribution in [0.4, 0.5) is 0 Å². The Morgan fingerprint density at radius 2 is 1.58 bits per heavy atom. The molecule has 0 radical (unpaired) electrons. The number of hydrogen-bond donors (Lipinski definition) is 0. The van der Waals surface area contributed by atoms with Crippen LogP contribution in [0.5, 0.6) is 0 Å². The van der Waals surface area contributed by atoms with E-state index in [1.54, 1.807) is 0 Å². The summed E-state index contributed by atoms with van der Waals surface area (Å²) in [6.45, 7) is 11.9. The van der Waals surface area contributed by atoms with Crippen molar-refractivity contribution in [2.75, 3.05) is 0 Å². The maximum atomic E-state index is 12.9. The van der Waals surface area contributed by atoms with Gasteiger partial charge >= 0.3 is 0 Å². The predicted octanol–water partition coefficient (Wildman–Crippen LogP) is 3.66. The molecular weight excluding hydrogens is 236 g/mol. The van der Waals surface area contributed by atoms with Gasteiger partial charge in [-0.2, -0.15) is 0 Å². The summed E-state index contributed by atoms with van der Waals surface area (Å²) < 4.78 is 6.12. The Bertz CT molecular complexity index is 510. The van der Waals surface area contributed by atoms with Gasteiger partial charge in [0.1, 0.15) is 5.60 Å². The van der Waals surface area contributed by atoms with Crippen molar-refractivity contribution in [2.45, 2.75) is 64.6 Å². The quantitative estimate of drug-likeness (QED) is 0.711. The number of carbonyl (C=O) groups is 1. The Morgan fingerprint density at radius 3 is 2.21 bits per heavy atom. The van der Waals surface area contributed by atoms with Crippen LogP contribution in [0.1, 0.15) is 52.7 Å². The monoisotopic (exact) mass is 260 g/mol. The second kappa shape index (κ2) is 4.17. The molecule has 0 unspecified atom stereocenters. The topological polar surface area (TPSA) is 26.3 Å². The standard InChI is InChI=1S/C17H24O2/c1-15(2)11-12-9-7-8-10-13(12)16(3,4)14(18)17(5,6)19-15/h7-10H,11H2,1-6H3. The Morgan fingerprint density at radius 1 is 1.00 bits per heavy atom. The molecule has 1 aromatic carbocycles. The van der Waals surface area contributed by atoms with E-state index in [2.05, 4.69) is 26.0 Å². The lowest BCUT2D eigenvalue weighted by molar-refractivity contribution is -0.166. The fourth-order valence-corrected chi connectivity index (χ4v) is 3.39. The van der Waals surface area contributed by atoms with Gasteiger partial charge in [0.15, 0.2) is 5.78 Å². The molecule has 1 aromatic rings. The first-order valence-corrected chi connectivity index (χ1v) is 6.90. The van der Waals surface area contributed by atoms with Crippen molar-refractivity contribution in [1.82, 2.24) is 0 Å². The van der Waals surface area contributed by atoms with Crippen molar-refractivity contribution in [2.24, 2.45) is 0 Å². The average Bonchev–Trinajstić information content (AvgIpc) is 2.25. The molecule has 0 N–H and O–H groups in total. The zero-order valence-corrected chi connectivity index (χ0v) is 12.8. The van der Waals surface area contributed by atoms with Gasteiger partial charge in [0.05, 0.1) is 11.0 Å². The second-order valence-electron chi connectivity index (χ2n) is 7.16. The summed E-state index contributed by atoms with van der Waals surface area (Å²) in [5.41, 5.74) is 0.717. The van der Waals surface area contributed by atoms with Gasteiger partial charge in [0.25, 0.3) is 0 Å². The van der Waals surface area contributed by atoms with E-state index in [0.29, 0.717) is 0 Å². The molecule has 1 heterocycles. The molecule has 2 rings (SSSR count). The molecule has 0 bridgehead atoms. The van der Waals surface area contributed by atoms with Gasteiger partial charge in [-0.05, 0) is 52.7 Å². The number of hydrogen-bond acceptors (Lipinski definition) is 2. The van der Waals surface area contributed by atoms with Gasteiger partial charge in [-0.1, -0.05) is 24.3 Å². The van der Waals surface area contributed by atoms with E-state index in [9.17, 15) is 4.79 Å². The molecule has 0 amide bonds. The van der Waals surface area contributed by atoms with Crippen molar-refractivity contribution in [3.05, 3.63) is 35.4 Å². The summed E-state index contributed by atoms with van der Waals surface area (Å²) in [6.07, 6.45) is 0.823. The fraction of sp³-hybridized carbons (Fsp3) is 0.588. The first-order valence-electron chi connectivity index (χ1n) is 6.90. The first-order chi connectivity index (χ1) is 8.56. The van der Waals surface area contributed by atoms with Crippen LogP contribution in [-0.2, 0) is 21.4 Å². The van der Waals surface area contributed by atoms with Crippen LogP contribution in [0.2, 0.25) is 0 Å². The zero-order chi connectivity index (χ0) is 14.5.